The van der Waals surface area contributed by atoms with Crippen LogP contribution in [0.2, 0.25) is 0 Å². The smallest absolute Gasteiger partial charge is 0.264 e. The van der Waals surface area contributed by atoms with E-state index in [-0.39, 0.29) is 18.3 Å². The van der Waals surface area contributed by atoms with Crippen molar-refractivity contribution in [3.8, 4) is 11.5 Å². The second-order valence-corrected chi connectivity index (χ2v) is 9.17. The van der Waals surface area contributed by atoms with Crippen molar-refractivity contribution >= 4 is 57.2 Å². The molecule has 3 aromatic carbocycles. The SMILES string of the molecule is CCOc1ccc(N=C2NC(=O)/C(=C\c3ccc(OCc4ccccc4F)c(I)c3)S2)cc1. The summed E-state index contributed by atoms with van der Waals surface area (Å²) < 4.78 is 25.9. The highest BCUT2D eigenvalue weighted by Gasteiger charge is 2.24. The summed E-state index contributed by atoms with van der Waals surface area (Å²) in [7, 11) is 0. The largest absolute Gasteiger partial charge is 0.494 e. The van der Waals surface area contributed by atoms with Crippen LogP contribution in [0.4, 0.5) is 10.1 Å². The maximum atomic E-state index is 13.8. The number of benzene rings is 3. The van der Waals surface area contributed by atoms with Gasteiger partial charge in [-0.1, -0.05) is 24.3 Å². The van der Waals surface area contributed by atoms with Crippen LogP contribution in [0.1, 0.15) is 18.1 Å². The van der Waals surface area contributed by atoms with E-state index in [4.69, 9.17) is 9.47 Å². The Kier molecular flexibility index (Phi) is 7.66. The van der Waals surface area contributed by atoms with E-state index in [0.29, 0.717) is 28.0 Å². The van der Waals surface area contributed by atoms with E-state index in [9.17, 15) is 9.18 Å². The molecule has 0 bridgehead atoms. The molecule has 4 rings (SSSR count). The lowest BCUT2D eigenvalue weighted by Crippen LogP contribution is -2.19. The maximum absolute atomic E-state index is 13.8. The number of carbonyl (C=O) groups excluding carboxylic acids is 1. The Balaban J connectivity index is 1.43. The third-order valence-electron chi connectivity index (χ3n) is 4.62. The van der Waals surface area contributed by atoms with Crippen LogP contribution in [0.5, 0.6) is 11.5 Å². The van der Waals surface area contributed by atoms with E-state index >= 15 is 0 Å². The van der Waals surface area contributed by atoms with Crippen molar-refractivity contribution in [2.24, 2.45) is 4.99 Å². The molecule has 0 radical (unpaired) electrons. The Morgan fingerprint density at radius 3 is 2.61 bits per heavy atom. The third-order valence-corrected chi connectivity index (χ3v) is 6.38. The number of hydrogen-bond donors (Lipinski definition) is 1. The second kappa shape index (κ2) is 10.8. The molecule has 33 heavy (non-hydrogen) atoms. The van der Waals surface area contributed by atoms with Gasteiger partial charge in [0.25, 0.3) is 5.91 Å². The van der Waals surface area contributed by atoms with Crippen LogP contribution >= 0.6 is 34.4 Å². The predicted molar refractivity (Wildman–Crippen MR) is 138 cm³/mol. The standard InChI is InChI=1S/C25H20FIN2O3S/c1-2-31-19-10-8-18(9-11-19)28-25-29-24(30)23(33-25)14-16-7-12-22(21(27)13-16)32-15-17-5-3-4-6-20(17)26/h3-14H,2,15H2,1H3,(H,28,29,30)/b23-14+. The Morgan fingerprint density at radius 2 is 1.88 bits per heavy atom. The summed E-state index contributed by atoms with van der Waals surface area (Å²) in [6.45, 7) is 2.68. The predicted octanol–water partition coefficient (Wildman–Crippen LogP) is 6.30. The zero-order valence-electron chi connectivity index (χ0n) is 17.7. The topological polar surface area (TPSA) is 59.9 Å². The highest BCUT2D eigenvalue weighted by atomic mass is 127. The van der Waals surface area contributed by atoms with Gasteiger partial charge in [-0.25, -0.2) is 9.38 Å². The van der Waals surface area contributed by atoms with Crippen molar-refractivity contribution in [3.05, 3.63) is 92.1 Å². The molecule has 1 saturated heterocycles. The molecule has 0 spiro atoms. The van der Waals surface area contributed by atoms with E-state index in [1.54, 1.807) is 18.2 Å². The van der Waals surface area contributed by atoms with Gasteiger partial charge in [0.2, 0.25) is 0 Å². The second-order valence-electron chi connectivity index (χ2n) is 6.98. The summed E-state index contributed by atoms with van der Waals surface area (Å²) in [5.41, 5.74) is 2.09. The van der Waals surface area contributed by atoms with Gasteiger partial charge in [-0.2, -0.15) is 0 Å². The third kappa shape index (κ3) is 6.14. The minimum Gasteiger partial charge on any atom is -0.494 e. The van der Waals surface area contributed by atoms with E-state index in [1.165, 1.54) is 17.8 Å². The van der Waals surface area contributed by atoms with Crippen LogP contribution in [0.25, 0.3) is 6.08 Å². The summed E-state index contributed by atoms with van der Waals surface area (Å²) in [4.78, 5) is 17.4. The van der Waals surface area contributed by atoms with Crippen molar-refractivity contribution < 1.29 is 18.7 Å². The Labute approximate surface area is 209 Å². The molecule has 1 aliphatic rings. The molecule has 1 amide bonds. The molecule has 0 unspecified atom stereocenters. The van der Waals surface area contributed by atoms with Gasteiger partial charge < -0.3 is 14.8 Å². The number of amidine groups is 1. The number of rotatable bonds is 7. The number of amides is 1. The summed E-state index contributed by atoms with van der Waals surface area (Å²) in [5, 5.41) is 3.32. The molecule has 5 nitrogen and oxygen atoms in total. The van der Waals surface area contributed by atoms with E-state index in [2.05, 4.69) is 32.9 Å². The number of aliphatic imine (C=N–C) groups is 1. The molecular weight excluding hydrogens is 554 g/mol. The molecule has 0 saturated carbocycles. The highest BCUT2D eigenvalue weighted by Crippen LogP contribution is 2.30. The first kappa shape index (κ1) is 23.3. The van der Waals surface area contributed by atoms with Crippen LogP contribution in [0.3, 0.4) is 0 Å². The normalized spacial score (nSPS) is 15.7. The highest BCUT2D eigenvalue weighted by molar-refractivity contribution is 14.1. The van der Waals surface area contributed by atoms with Gasteiger partial charge in [0, 0.05) is 5.56 Å². The van der Waals surface area contributed by atoms with Gasteiger partial charge in [-0.15, -0.1) is 0 Å². The molecule has 1 fully saturated rings. The van der Waals surface area contributed by atoms with Gasteiger partial charge in [0.1, 0.15) is 23.9 Å². The number of halogens is 2. The lowest BCUT2D eigenvalue weighted by atomic mass is 10.2. The van der Waals surface area contributed by atoms with E-state index in [1.807, 2.05) is 55.5 Å². The fourth-order valence-electron chi connectivity index (χ4n) is 3.03. The van der Waals surface area contributed by atoms with Gasteiger partial charge >= 0.3 is 0 Å². The molecular formula is C25H20FIN2O3S. The first-order valence-electron chi connectivity index (χ1n) is 10.2. The molecule has 1 heterocycles. The fraction of sp³-hybridized carbons (Fsp3) is 0.120. The van der Waals surface area contributed by atoms with Crippen molar-refractivity contribution in [2.45, 2.75) is 13.5 Å². The lowest BCUT2D eigenvalue weighted by Gasteiger charge is -2.09. The van der Waals surface area contributed by atoms with E-state index < -0.39 is 0 Å². The first-order valence-corrected chi connectivity index (χ1v) is 12.1. The zero-order valence-corrected chi connectivity index (χ0v) is 20.7. The molecule has 1 aliphatic heterocycles. The molecule has 168 valence electrons. The van der Waals surface area contributed by atoms with E-state index in [0.717, 1.165) is 20.6 Å². The maximum Gasteiger partial charge on any atom is 0.264 e. The number of carbonyl (C=O) groups is 1. The summed E-state index contributed by atoms with van der Waals surface area (Å²) in [5.74, 6) is 0.948. The van der Waals surface area contributed by atoms with Gasteiger partial charge in [0.15, 0.2) is 5.17 Å². The Morgan fingerprint density at radius 1 is 1.09 bits per heavy atom. The Hall–Kier alpha value is -2.85. The Bertz CT molecular complexity index is 1230. The monoisotopic (exact) mass is 574 g/mol. The lowest BCUT2D eigenvalue weighted by molar-refractivity contribution is -0.115. The first-order chi connectivity index (χ1) is 16.0. The minimum atomic E-state index is -0.291. The van der Waals surface area contributed by atoms with Crippen molar-refractivity contribution in [3.63, 3.8) is 0 Å². The van der Waals surface area contributed by atoms with Crippen LogP contribution < -0.4 is 14.8 Å². The summed E-state index contributed by atoms with van der Waals surface area (Å²) >= 11 is 3.45. The number of hydrogen-bond acceptors (Lipinski definition) is 5. The number of ether oxygens (including phenoxy) is 2. The number of nitrogens with one attached hydrogen (secondary N) is 1. The summed E-state index contributed by atoms with van der Waals surface area (Å²) in [6.07, 6.45) is 1.81. The van der Waals surface area contributed by atoms with Crippen molar-refractivity contribution in [1.82, 2.24) is 5.32 Å². The molecule has 0 aliphatic carbocycles. The number of nitrogens with zero attached hydrogens (tertiary/aromatic N) is 1. The zero-order chi connectivity index (χ0) is 23.2. The average molecular weight is 574 g/mol. The molecule has 8 heteroatoms. The van der Waals surface area contributed by atoms with Crippen LogP contribution in [-0.4, -0.2) is 17.7 Å². The van der Waals surface area contributed by atoms with Gasteiger partial charge in [0.05, 0.1) is 20.8 Å². The van der Waals surface area contributed by atoms with Crippen molar-refractivity contribution in [1.29, 1.82) is 0 Å². The molecule has 0 atom stereocenters. The van der Waals surface area contributed by atoms with Crippen LogP contribution in [-0.2, 0) is 11.4 Å². The van der Waals surface area contributed by atoms with Crippen molar-refractivity contribution in [2.75, 3.05) is 6.61 Å². The molecule has 3 aromatic rings. The summed E-state index contributed by atoms with van der Waals surface area (Å²) in [6, 6.07) is 19.5. The fourth-order valence-corrected chi connectivity index (χ4v) is 4.56. The molecule has 0 aromatic heterocycles. The van der Waals surface area contributed by atoms with Gasteiger partial charge in [-0.3, -0.25) is 4.79 Å². The van der Waals surface area contributed by atoms with Crippen LogP contribution in [0, 0.1) is 9.39 Å². The average Bonchev–Trinajstić information content (AvgIpc) is 3.14. The van der Waals surface area contributed by atoms with Crippen LogP contribution in [0.15, 0.2) is 76.6 Å². The van der Waals surface area contributed by atoms with Gasteiger partial charge in [-0.05, 0) is 95.4 Å². The number of thioether (sulfide) groups is 1. The minimum absolute atomic E-state index is 0.146. The quantitative estimate of drug-likeness (QED) is 0.266. The molecule has 1 N–H and O–H groups in total.